The molecule has 1 fully saturated rings. The molecular weight excluding hydrogens is 238 g/mol. The van der Waals surface area contributed by atoms with Crippen LogP contribution in [0.4, 0.5) is 5.13 Å². The maximum atomic E-state index is 5.27. The van der Waals surface area contributed by atoms with Gasteiger partial charge in [0, 0.05) is 11.4 Å². The lowest BCUT2D eigenvalue weighted by Gasteiger charge is -2.23. The molecule has 1 aromatic rings. The maximum Gasteiger partial charge on any atom is 0.189 e. The number of aryl methyl sites for hydroxylation is 1. The minimum atomic E-state index is 0.551. The molecule has 1 aliphatic rings. The summed E-state index contributed by atoms with van der Waals surface area (Å²) in [6, 6.07) is 0.551. The van der Waals surface area contributed by atoms with Crippen molar-refractivity contribution in [1.29, 1.82) is 0 Å². The maximum absolute atomic E-state index is 5.27. The third-order valence-corrected chi connectivity index (χ3v) is 3.88. The van der Waals surface area contributed by atoms with Gasteiger partial charge in [-0.2, -0.15) is 0 Å². The van der Waals surface area contributed by atoms with E-state index in [0.717, 1.165) is 10.8 Å². The Morgan fingerprint density at radius 1 is 1.44 bits per heavy atom. The molecule has 3 nitrogen and oxygen atoms in total. The van der Waals surface area contributed by atoms with E-state index in [1.165, 1.54) is 32.1 Å². The zero-order valence-corrected chi connectivity index (χ0v) is 11.1. The summed E-state index contributed by atoms with van der Waals surface area (Å²) in [6.45, 7) is 1.99. The first-order valence-electron chi connectivity index (χ1n) is 5.74. The highest BCUT2D eigenvalue weighted by Gasteiger charge is 2.14. The number of thiazole rings is 1. The Morgan fingerprint density at radius 3 is 2.81 bits per heavy atom. The topological polar surface area (TPSA) is 37.0 Å². The molecule has 16 heavy (non-hydrogen) atoms. The minimum Gasteiger partial charge on any atom is -0.360 e. The average Bonchev–Trinajstić information content (AvgIpc) is 2.65. The highest BCUT2D eigenvalue weighted by atomic mass is 32.1. The van der Waals surface area contributed by atoms with Crippen molar-refractivity contribution >= 4 is 33.8 Å². The van der Waals surface area contributed by atoms with E-state index in [1.807, 2.05) is 12.3 Å². The van der Waals surface area contributed by atoms with Gasteiger partial charge in [-0.15, -0.1) is 11.3 Å². The second kappa shape index (κ2) is 5.59. The van der Waals surface area contributed by atoms with Crippen LogP contribution >= 0.6 is 23.6 Å². The van der Waals surface area contributed by atoms with Gasteiger partial charge >= 0.3 is 0 Å². The van der Waals surface area contributed by atoms with Gasteiger partial charge in [-0.1, -0.05) is 19.3 Å². The van der Waals surface area contributed by atoms with Crippen LogP contribution in [0.25, 0.3) is 0 Å². The van der Waals surface area contributed by atoms with E-state index in [-0.39, 0.29) is 0 Å². The molecule has 0 atom stereocenters. The van der Waals surface area contributed by atoms with Gasteiger partial charge in [-0.05, 0) is 32.0 Å². The summed E-state index contributed by atoms with van der Waals surface area (Å²) in [6.07, 6.45) is 6.47. The van der Waals surface area contributed by atoms with E-state index in [0.29, 0.717) is 11.2 Å². The monoisotopic (exact) mass is 255 g/mol. The van der Waals surface area contributed by atoms with E-state index in [9.17, 15) is 0 Å². The van der Waals surface area contributed by atoms with Crippen molar-refractivity contribution in [3.8, 4) is 0 Å². The Bertz CT molecular complexity index is 356. The summed E-state index contributed by atoms with van der Waals surface area (Å²) in [5, 5.41) is 10.1. The minimum absolute atomic E-state index is 0.551. The number of hydrogen-bond donors (Lipinski definition) is 2. The van der Waals surface area contributed by atoms with Gasteiger partial charge < -0.3 is 10.6 Å². The molecule has 0 saturated heterocycles. The van der Waals surface area contributed by atoms with Crippen LogP contribution in [0.3, 0.4) is 0 Å². The molecule has 0 radical (unpaired) electrons. The van der Waals surface area contributed by atoms with E-state index in [2.05, 4.69) is 15.6 Å². The van der Waals surface area contributed by atoms with Gasteiger partial charge in [0.15, 0.2) is 10.2 Å². The highest BCUT2D eigenvalue weighted by Crippen LogP contribution is 2.18. The predicted molar refractivity (Wildman–Crippen MR) is 73.1 cm³/mol. The standard InChI is InChI=1S/C11H17N3S2/c1-8-7-16-11(12-8)14-10(15)13-9-5-3-2-4-6-9/h7,9H,2-6H2,1H3,(H2,12,13,14,15). The normalized spacial score (nSPS) is 17.1. The van der Waals surface area contributed by atoms with Crippen LogP contribution < -0.4 is 10.6 Å². The second-order valence-corrected chi connectivity index (χ2v) is 5.49. The van der Waals surface area contributed by atoms with Crippen LogP contribution in [-0.4, -0.2) is 16.1 Å². The first kappa shape index (κ1) is 11.8. The predicted octanol–water partition coefficient (Wildman–Crippen LogP) is 3.07. The highest BCUT2D eigenvalue weighted by molar-refractivity contribution is 7.80. The summed E-state index contributed by atoms with van der Waals surface area (Å²) in [7, 11) is 0. The lowest BCUT2D eigenvalue weighted by atomic mass is 9.96. The zero-order chi connectivity index (χ0) is 11.4. The number of aromatic nitrogens is 1. The van der Waals surface area contributed by atoms with Gasteiger partial charge in [-0.25, -0.2) is 4.98 Å². The molecule has 0 amide bonds. The molecule has 1 heterocycles. The first-order chi connectivity index (χ1) is 7.74. The number of nitrogens with one attached hydrogen (secondary N) is 2. The van der Waals surface area contributed by atoms with Crippen molar-refractivity contribution in [2.45, 2.75) is 45.1 Å². The number of rotatable bonds is 2. The lowest BCUT2D eigenvalue weighted by molar-refractivity contribution is 0.415. The molecule has 0 aromatic carbocycles. The molecule has 88 valence electrons. The Hall–Kier alpha value is -0.680. The van der Waals surface area contributed by atoms with Crippen molar-refractivity contribution in [2.24, 2.45) is 0 Å². The third-order valence-electron chi connectivity index (χ3n) is 2.78. The van der Waals surface area contributed by atoms with Gasteiger partial charge in [0.1, 0.15) is 0 Å². The van der Waals surface area contributed by atoms with Crippen molar-refractivity contribution in [3.63, 3.8) is 0 Å². The van der Waals surface area contributed by atoms with Crippen LogP contribution in [0.2, 0.25) is 0 Å². The molecule has 0 aliphatic heterocycles. The molecule has 1 saturated carbocycles. The number of nitrogens with zero attached hydrogens (tertiary/aromatic N) is 1. The Morgan fingerprint density at radius 2 is 2.19 bits per heavy atom. The first-order valence-corrected chi connectivity index (χ1v) is 7.02. The van der Waals surface area contributed by atoms with E-state index < -0.39 is 0 Å². The summed E-state index contributed by atoms with van der Waals surface area (Å²) < 4.78 is 0. The molecule has 0 unspecified atom stereocenters. The lowest BCUT2D eigenvalue weighted by Crippen LogP contribution is -2.38. The van der Waals surface area contributed by atoms with Crippen LogP contribution in [0, 0.1) is 6.92 Å². The van der Waals surface area contributed by atoms with Crippen LogP contribution in [0.1, 0.15) is 37.8 Å². The van der Waals surface area contributed by atoms with Crippen molar-refractivity contribution in [2.75, 3.05) is 5.32 Å². The van der Waals surface area contributed by atoms with Crippen molar-refractivity contribution in [3.05, 3.63) is 11.1 Å². The van der Waals surface area contributed by atoms with Crippen molar-refractivity contribution in [1.82, 2.24) is 10.3 Å². The summed E-state index contributed by atoms with van der Waals surface area (Å²) >= 11 is 6.86. The fourth-order valence-electron chi connectivity index (χ4n) is 1.98. The number of thiocarbonyl (C=S) groups is 1. The second-order valence-electron chi connectivity index (χ2n) is 4.23. The Kier molecular flexibility index (Phi) is 4.12. The summed E-state index contributed by atoms with van der Waals surface area (Å²) in [5.74, 6) is 0. The Balaban J connectivity index is 1.79. The molecule has 0 spiro atoms. The van der Waals surface area contributed by atoms with E-state index in [1.54, 1.807) is 11.3 Å². The van der Waals surface area contributed by atoms with Crippen LogP contribution in [-0.2, 0) is 0 Å². The van der Waals surface area contributed by atoms with Gasteiger partial charge in [0.05, 0.1) is 5.69 Å². The zero-order valence-electron chi connectivity index (χ0n) is 9.45. The fraction of sp³-hybridized carbons (Fsp3) is 0.636. The van der Waals surface area contributed by atoms with Gasteiger partial charge in [0.25, 0.3) is 0 Å². The smallest absolute Gasteiger partial charge is 0.189 e. The van der Waals surface area contributed by atoms with E-state index >= 15 is 0 Å². The quantitative estimate of drug-likeness (QED) is 0.796. The SMILES string of the molecule is Cc1csc(NC(=S)NC2CCCCC2)n1. The number of anilines is 1. The molecule has 1 aliphatic carbocycles. The van der Waals surface area contributed by atoms with E-state index in [4.69, 9.17) is 12.2 Å². The third kappa shape index (κ3) is 3.42. The fourth-order valence-corrected chi connectivity index (χ4v) is 3.00. The molecule has 2 rings (SSSR count). The van der Waals surface area contributed by atoms with Gasteiger partial charge in [0.2, 0.25) is 0 Å². The molecule has 5 heteroatoms. The molecule has 0 bridgehead atoms. The summed E-state index contributed by atoms with van der Waals surface area (Å²) in [5.41, 5.74) is 1.04. The average molecular weight is 255 g/mol. The largest absolute Gasteiger partial charge is 0.360 e. The van der Waals surface area contributed by atoms with Crippen LogP contribution in [0.15, 0.2) is 5.38 Å². The molecule has 1 aromatic heterocycles. The molecular formula is C11H17N3S2. The Labute approximate surface area is 106 Å². The van der Waals surface area contributed by atoms with Gasteiger partial charge in [-0.3, -0.25) is 0 Å². The van der Waals surface area contributed by atoms with Crippen LogP contribution in [0.5, 0.6) is 0 Å². The van der Waals surface area contributed by atoms with Crippen molar-refractivity contribution < 1.29 is 0 Å². The molecule has 2 N–H and O–H groups in total. The summed E-state index contributed by atoms with van der Waals surface area (Å²) in [4.78, 5) is 4.32. The number of hydrogen-bond acceptors (Lipinski definition) is 3.